The second-order valence-corrected chi connectivity index (χ2v) is 5.18. The summed E-state index contributed by atoms with van der Waals surface area (Å²) < 4.78 is 0. The Morgan fingerprint density at radius 3 is 2.41 bits per heavy atom. The molecule has 0 radical (unpaired) electrons. The van der Waals surface area contributed by atoms with Crippen molar-refractivity contribution in [3.63, 3.8) is 0 Å². The Morgan fingerprint density at radius 1 is 1.24 bits per heavy atom. The van der Waals surface area contributed by atoms with Crippen molar-refractivity contribution < 1.29 is 5.11 Å². The van der Waals surface area contributed by atoms with Gasteiger partial charge in [0.05, 0.1) is 22.2 Å². The Labute approximate surface area is 117 Å². The van der Waals surface area contributed by atoms with Gasteiger partial charge in [0.2, 0.25) is 0 Å². The van der Waals surface area contributed by atoms with Crippen LogP contribution in [0, 0.1) is 0 Å². The number of aliphatic hydroxyl groups excluding tert-OH is 1. The highest BCUT2D eigenvalue weighted by Crippen LogP contribution is 2.36. The molecule has 96 valence electrons. The number of hydrogen-bond acceptors (Lipinski definition) is 2. The van der Waals surface area contributed by atoms with Crippen LogP contribution in [0.25, 0.3) is 0 Å². The van der Waals surface area contributed by atoms with E-state index in [2.05, 4.69) is 6.92 Å². The minimum Gasteiger partial charge on any atom is -0.391 e. The highest BCUT2D eigenvalue weighted by molar-refractivity contribution is 6.44. The predicted octanol–water partition coefficient (Wildman–Crippen LogP) is 4.20. The van der Waals surface area contributed by atoms with E-state index >= 15 is 0 Å². The summed E-state index contributed by atoms with van der Waals surface area (Å²) in [7, 11) is 0. The maximum atomic E-state index is 9.96. The van der Waals surface area contributed by atoms with Gasteiger partial charge in [-0.3, -0.25) is 0 Å². The number of unbranched alkanes of at least 4 members (excludes halogenated alkanes) is 1. The molecule has 0 amide bonds. The number of halogens is 3. The van der Waals surface area contributed by atoms with Gasteiger partial charge in [0, 0.05) is 10.6 Å². The second kappa shape index (κ2) is 6.81. The zero-order valence-corrected chi connectivity index (χ0v) is 11.9. The molecule has 0 spiro atoms. The molecule has 0 aliphatic heterocycles. The number of aliphatic hydroxyl groups is 1. The number of rotatable bonds is 5. The van der Waals surface area contributed by atoms with E-state index in [1.54, 1.807) is 12.1 Å². The molecule has 0 saturated heterocycles. The van der Waals surface area contributed by atoms with E-state index in [1.165, 1.54) is 0 Å². The molecule has 3 N–H and O–H groups in total. The summed E-state index contributed by atoms with van der Waals surface area (Å²) in [5, 5.41) is 11.1. The number of nitrogens with two attached hydrogens (primary N) is 1. The quantitative estimate of drug-likeness (QED) is 0.800. The first-order chi connectivity index (χ1) is 7.99. The van der Waals surface area contributed by atoms with Crippen LogP contribution >= 0.6 is 34.8 Å². The van der Waals surface area contributed by atoms with Crippen molar-refractivity contribution in [1.29, 1.82) is 0 Å². The van der Waals surface area contributed by atoms with Gasteiger partial charge in [0.25, 0.3) is 0 Å². The van der Waals surface area contributed by atoms with Crippen LogP contribution < -0.4 is 5.73 Å². The fourth-order valence-electron chi connectivity index (χ4n) is 1.63. The minimum atomic E-state index is -0.664. The van der Waals surface area contributed by atoms with Crippen LogP contribution in [0.1, 0.15) is 37.8 Å². The molecule has 0 aliphatic carbocycles. The maximum Gasteiger partial charge on any atom is 0.0733 e. The lowest BCUT2D eigenvalue weighted by molar-refractivity contribution is 0.132. The smallest absolute Gasteiger partial charge is 0.0733 e. The summed E-state index contributed by atoms with van der Waals surface area (Å²) >= 11 is 18.0. The average molecular weight is 297 g/mol. The SMILES string of the molecule is CCCC[C@H](O)[C@H](N)c1c(Cl)ccc(Cl)c1Cl. The first kappa shape index (κ1) is 15.1. The van der Waals surface area contributed by atoms with Crippen molar-refractivity contribution in [2.75, 3.05) is 0 Å². The van der Waals surface area contributed by atoms with Crippen LogP contribution in [0.4, 0.5) is 0 Å². The second-order valence-electron chi connectivity index (χ2n) is 3.99. The molecule has 0 aromatic heterocycles. The minimum absolute atomic E-state index is 0.321. The van der Waals surface area contributed by atoms with E-state index < -0.39 is 12.1 Å². The van der Waals surface area contributed by atoms with Gasteiger partial charge in [-0.25, -0.2) is 0 Å². The first-order valence-corrected chi connectivity index (χ1v) is 6.69. The fraction of sp³-hybridized carbons (Fsp3) is 0.500. The van der Waals surface area contributed by atoms with Crippen molar-refractivity contribution in [3.8, 4) is 0 Å². The molecule has 0 bridgehead atoms. The summed E-state index contributed by atoms with van der Waals surface area (Å²) in [6.45, 7) is 2.05. The van der Waals surface area contributed by atoms with E-state index in [-0.39, 0.29) is 0 Å². The molecule has 0 heterocycles. The lowest BCUT2D eigenvalue weighted by Crippen LogP contribution is -2.26. The molecule has 1 aromatic rings. The topological polar surface area (TPSA) is 46.2 Å². The van der Waals surface area contributed by atoms with E-state index in [1.807, 2.05) is 0 Å². The van der Waals surface area contributed by atoms with E-state index in [0.717, 1.165) is 12.8 Å². The van der Waals surface area contributed by atoms with Gasteiger partial charge in [0.1, 0.15) is 0 Å². The van der Waals surface area contributed by atoms with Crippen LogP contribution in [0.3, 0.4) is 0 Å². The van der Waals surface area contributed by atoms with Crippen LogP contribution in [0.2, 0.25) is 15.1 Å². The van der Waals surface area contributed by atoms with E-state index in [0.29, 0.717) is 27.1 Å². The number of benzene rings is 1. The van der Waals surface area contributed by atoms with Crippen LogP contribution in [-0.2, 0) is 0 Å². The fourth-order valence-corrected chi connectivity index (χ4v) is 2.42. The molecule has 0 saturated carbocycles. The van der Waals surface area contributed by atoms with Crippen molar-refractivity contribution in [3.05, 3.63) is 32.8 Å². The van der Waals surface area contributed by atoms with Crippen molar-refractivity contribution in [2.24, 2.45) is 5.73 Å². The van der Waals surface area contributed by atoms with Gasteiger partial charge in [-0.15, -0.1) is 0 Å². The van der Waals surface area contributed by atoms with Crippen LogP contribution in [0.15, 0.2) is 12.1 Å². The Morgan fingerprint density at radius 2 is 1.82 bits per heavy atom. The summed E-state index contributed by atoms with van der Waals surface area (Å²) in [5.74, 6) is 0. The average Bonchev–Trinajstić information content (AvgIpc) is 2.31. The highest BCUT2D eigenvalue weighted by Gasteiger charge is 2.22. The third-order valence-corrected chi connectivity index (χ3v) is 3.83. The van der Waals surface area contributed by atoms with Crippen molar-refractivity contribution >= 4 is 34.8 Å². The van der Waals surface area contributed by atoms with Gasteiger partial charge in [-0.1, -0.05) is 54.6 Å². The van der Waals surface area contributed by atoms with Gasteiger partial charge in [0.15, 0.2) is 0 Å². The van der Waals surface area contributed by atoms with Gasteiger partial charge < -0.3 is 10.8 Å². The zero-order chi connectivity index (χ0) is 13.0. The largest absolute Gasteiger partial charge is 0.391 e. The normalized spacial score (nSPS) is 14.7. The van der Waals surface area contributed by atoms with Gasteiger partial charge in [-0.2, -0.15) is 0 Å². The van der Waals surface area contributed by atoms with Crippen molar-refractivity contribution in [1.82, 2.24) is 0 Å². The monoisotopic (exact) mass is 295 g/mol. The molecule has 1 aromatic carbocycles. The molecule has 0 unspecified atom stereocenters. The third kappa shape index (κ3) is 3.73. The van der Waals surface area contributed by atoms with Gasteiger partial charge >= 0.3 is 0 Å². The predicted molar refractivity (Wildman–Crippen MR) is 73.9 cm³/mol. The molecular formula is C12H16Cl3NO. The molecular weight excluding hydrogens is 280 g/mol. The van der Waals surface area contributed by atoms with E-state index in [4.69, 9.17) is 40.5 Å². The molecule has 0 fully saturated rings. The Balaban J connectivity index is 2.95. The summed E-state index contributed by atoms with van der Waals surface area (Å²) in [6.07, 6.45) is 1.87. The van der Waals surface area contributed by atoms with Gasteiger partial charge in [-0.05, 0) is 18.6 Å². The molecule has 2 atom stereocenters. The first-order valence-electron chi connectivity index (χ1n) is 5.56. The summed E-state index contributed by atoms with van der Waals surface area (Å²) in [5.41, 5.74) is 6.49. The molecule has 2 nitrogen and oxygen atoms in total. The summed E-state index contributed by atoms with van der Waals surface area (Å²) in [4.78, 5) is 0. The zero-order valence-electron chi connectivity index (χ0n) is 9.59. The Bertz CT molecular complexity index is 384. The highest BCUT2D eigenvalue weighted by atomic mass is 35.5. The molecule has 1 rings (SSSR count). The summed E-state index contributed by atoms with van der Waals surface area (Å²) in [6, 6.07) is 2.64. The molecule has 0 aliphatic rings. The lowest BCUT2D eigenvalue weighted by Gasteiger charge is -2.21. The molecule has 5 heteroatoms. The third-order valence-electron chi connectivity index (χ3n) is 2.68. The standard InChI is InChI=1S/C12H16Cl3NO/c1-2-3-4-9(17)12(16)10-7(13)5-6-8(14)11(10)15/h5-6,9,12,17H,2-4,16H2,1H3/t9-,12-/m0/s1. The lowest BCUT2D eigenvalue weighted by atomic mass is 9.98. The van der Waals surface area contributed by atoms with Crippen molar-refractivity contribution in [2.45, 2.75) is 38.3 Å². The number of hydrogen-bond donors (Lipinski definition) is 2. The maximum absolute atomic E-state index is 9.96. The Kier molecular flexibility index (Phi) is 6.04. The van der Waals surface area contributed by atoms with Crippen LogP contribution in [0.5, 0.6) is 0 Å². The van der Waals surface area contributed by atoms with Crippen LogP contribution in [-0.4, -0.2) is 11.2 Å². The molecule has 17 heavy (non-hydrogen) atoms. The van der Waals surface area contributed by atoms with E-state index in [9.17, 15) is 5.11 Å². The Hall–Kier alpha value is 0.01000.